The van der Waals surface area contributed by atoms with Gasteiger partial charge in [-0.2, -0.15) is 0 Å². The molecule has 28 heavy (non-hydrogen) atoms. The lowest BCUT2D eigenvalue weighted by Crippen LogP contribution is -2.32. The van der Waals surface area contributed by atoms with E-state index in [1.807, 2.05) is 37.4 Å². The molecule has 0 spiro atoms. The predicted molar refractivity (Wildman–Crippen MR) is 107 cm³/mol. The van der Waals surface area contributed by atoms with Gasteiger partial charge in [-0.15, -0.1) is 0 Å². The van der Waals surface area contributed by atoms with Crippen molar-refractivity contribution in [1.29, 1.82) is 0 Å². The van der Waals surface area contributed by atoms with E-state index in [9.17, 15) is 9.18 Å². The Labute approximate surface area is 165 Å². The van der Waals surface area contributed by atoms with Crippen molar-refractivity contribution in [3.63, 3.8) is 0 Å². The quantitative estimate of drug-likeness (QED) is 0.731. The molecule has 150 valence electrons. The lowest BCUT2D eigenvalue weighted by molar-refractivity contribution is 0.0791. The van der Waals surface area contributed by atoms with E-state index in [1.54, 1.807) is 24.1 Å². The molecule has 2 unspecified atom stereocenters. The number of hydrazine groups is 1. The Hall–Kier alpha value is -2.28. The van der Waals surface area contributed by atoms with Gasteiger partial charge >= 0.3 is 0 Å². The highest BCUT2D eigenvalue weighted by Crippen LogP contribution is 2.24. The van der Waals surface area contributed by atoms with Crippen LogP contribution >= 0.6 is 0 Å². The minimum absolute atomic E-state index is 0.0270. The molecule has 1 saturated heterocycles. The second kappa shape index (κ2) is 9.78. The Morgan fingerprint density at radius 1 is 1.21 bits per heavy atom. The van der Waals surface area contributed by atoms with Crippen molar-refractivity contribution in [3.8, 4) is 0 Å². The molecule has 0 aliphatic carbocycles. The summed E-state index contributed by atoms with van der Waals surface area (Å²) in [6.07, 6.45) is 2.75. The molecule has 1 heterocycles. The van der Waals surface area contributed by atoms with Crippen LogP contribution in [0, 0.1) is 5.82 Å². The minimum Gasteiger partial charge on any atom is -0.380 e. The van der Waals surface area contributed by atoms with Crippen LogP contribution in [-0.4, -0.2) is 37.6 Å². The summed E-state index contributed by atoms with van der Waals surface area (Å²) in [5.74, 6) is -0.183. The summed E-state index contributed by atoms with van der Waals surface area (Å²) in [5.41, 5.74) is 9.23. The fraction of sp³-hybridized carbons (Fsp3) is 0.409. The van der Waals surface area contributed by atoms with Crippen molar-refractivity contribution in [1.82, 2.24) is 15.8 Å². The first-order valence-corrected chi connectivity index (χ1v) is 9.66. The third-order valence-corrected chi connectivity index (χ3v) is 5.14. The number of rotatable bonds is 8. The summed E-state index contributed by atoms with van der Waals surface area (Å²) < 4.78 is 18.5. The van der Waals surface area contributed by atoms with Gasteiger partial charge in [0.2, 0.25) is 0 Å². The Morgan fingerprint density at radius 3 is 2.71 bits per heavy atom. The van der Waals surface area contributed by atoms with Crippen molar-refractivity contribution in [2.75, 3.05) is 20.7 Å². The van der Waals surface area contributed by atoms with Crippen LogP contribution in [0.5, 0.6) is 0 Å². The van der Waals surface area contributed by atoms with Crippen LogP contribution in [0.2, 0.25) is 0 Å². The average Bonchev–Trinajstić information content (AvgIpc) is 3.17. The molecule has 5 nitrogen and oxygen atoms in total. The summed E-state index contributed by atoms with van der Waals surface area (Å²) in [7, 11) is 3.49. The first-order valence-electron chi connectivity index (χ1n) is 9.66. The largest absolute Gasteiger partial charge is 0.380 e. The number of carbonyl (C=O) groups is 1. The summed E-state index contributed by atoms with van der Waals surface area (Å²) in [6, 6.07) is 14.7. The zero-order chi connectivity index (χ0) is 19.9. The van der Waals surface area contributed by atoms with E-state index in [0.717, 1.165) is 30.4 Å². The predicted octanol–water partition coefficient (Wildman–Crippen LogP) is 3.43. The molecule has 0 saturated carbocycles. The van der Waals surface area contributed by atoms with E-state index < -0.39 is 0 Å². The van der Waals surface area contributed by atoms with Gasteiger partial charge in [0.15, 0.2) is 0 Å². The normalized spacial score (nSPS) is 19.0. The van der Waals surface area contributed by atoms with E-state index in [2.05, 4.69) is 10.9 Å². The number of carbonyl (C=O) groups excluding carboxylic acids is 1. The topological polar surface area (TPSA) is 53.6 Å². The number of amides is 1. The van der Waals surface area contributed by atoms with E-state index in [1.165, 1.54) is 6.07 Å². The van der Waals surface area contributed by atoms with Gasteiger partial charge in [-0.05, 0) is 54.7 Å². The van der Waals surface area contributed by atoms with Crippen molar-refractivity contribution in [2.45, 2.75) is 38.0 Å². The Morgan fingerprint density at radius 2 is 2.00 bits per heavy atom. The van der Waals surface area contributed by atoms with Gasteiger partial charge in [-0.1, -0.05) is 24.3 Å². The number of hydrogen-bond donors (Lipinski definition) is 2. The highest BCUT2D eigenvalue weighted by molar-refractivity contribution is 5.94. The second-order valence-electron chi connectivity index (χ2n) is 7.33. The van der Waals surface area contributed by atoms with E-state index in [-0.39, 0.29) is 17.8 Å². The molecule has 1 amide bonds. The van der Waals surface area contributed by atoms with Gasteiger partial charge < -0.3 is 9.64 Å². The van der Waals surface area contributed by atoms with Crippen LogP contribution in [0.25, 0.3) is 0 Å². The Balaban J connectivity index is 1.42. The number of methoxy groups -OCH3 is 1. The Kier molecular flexibility index (Phi) is 7.14. The summed E-state index contributed by atoms with van der Waals surface area (Å²) >= 11 is 0. The molecule has 1 aliphatic rings. The van der Waals surface area contributed by atoms with Crippen molar-refractivity contribution in [3.05, 3.63) is 71.0 Å². The highest BCUT2D eigenvalue weighted by atomic mass is 19.1. The molecular weight excluding hydrogens is 357 g/mol. The van der Waals surface area contributed by atoms with Gasteiger partial charge in [0, 0.05) is 38.3 Å². The lowest BCUT2D eigenvalue weighted by Gasteiger charge is -2.18. The summed E-state index contributed by atoms with van der Waals surface area (Å²) in [4.78, 5) is 14.3. The molecule has 0 bridgehead atoms. The molecule has 0 aromatic heterocycles. The summed E-state index contributed by atoms with van der Waals surface area (Å²) in [6.45, 7) is 1.24. The standard InChI is InChI=1S/C22H28FN3O2/c1-26(22(27)17-10-8-16(9-11-17)15-28-2)12-4-7-20-14-21(25-24-20)18-5-3-6-19(23)13-18/h3,5-6,8-11,13,20-21,24-25H,4,7,12,14-15H2,1-2H3. The molecule has 6 heteroatoms. The van der Waals surface area contributed by atoms with Gasteiger partial charge in [-0.25, -0.2) is 4.39 Å². The van der Waals surface area contributed by atoms with Gasteiger partial charge in [0.25, 0.3) is 5.91 Å². The van der Waals surface area contributed by atoms with Crippen LogP contribution in [0.15, 0.2) is 48.5 Å². The fourth-order valence-electron chi connectivity index (χ4n) is 3.56. The number of ether oxygens (including phenoxy) is 1. The maximum absolute atomic E-state index is 13.4. The smallest absolute Gasteiger partial charge is 0.253 e. The van der Waals surface area contributed by atoms with Crippen LogP contribution in [0.3, 0.4) is 0 Å². The number of nitrogens with one attached hydrogen (secondary N) is 2. The third-order valence-electron chi connectivity index (χ3n) is 5.14. The molecule has 2 aromatic rings. The van der Waals surface area contributed by atoms with Gasteiger partial charge in [0.1, 0.15) is 5.82 Å². The van der Waals surface area contributed by atoms with E-state index in [4.69, 9.17) is 4.74 Å². The SMILES string of the molecule is COCc1ccc(C(=O)N(C)CCCC2CC(c3cccc(F)c3)NN2)cc1. The summed E-state index contributed by atoms with van der Waals surface area (Å²) in [5, 5.41) is 0. The van der Waals surface area contributed by atoms with Crippen LogP contribution < -0.4 is 10.9 Å². The van der Waals surface area contributed by atoms with Crippen molar-refractivity contribution in [2.24, 2.45) is 0 Å². The van der Waals surface area contributed by atoms with Gasteiger partial charge in [-0.3, -0.25) is 15.6 Å². The molecule has 0 radical (unpaired) electrons. The zero-order valence-electron chi connectivity index (χ0n) is 16.5. The van der Waals surface area contributed by atoms with Crippen LogP contribution in [0.1, 0.15) is 46.8 Å². The van der Waals surface area contributed by atoms with Crippen molar-refractivity contribution < 1.29 is 13.9 Å². The first-order chi connectivity index (χ1) is 13.6. The van der Waals surface area contributed by atoms with Crippen molar-refractivity contribution >= 4 is 5.91 Å². The monoisotopic (exact) mass is 385 g/mol. The molecule has 3 rings (SSSR count). The molecule has 2 aromatic carbocycles. The zero-order valence-corrected chi connectivity index (χ0v) is 16.5. The third kappa shape index (κ3) is 5.38. The van der Waals surface area contributed by atoms with Crippen LogP contribution in [-0.2, 0) is 11.3 Å². The van der Waals surface area contributed by atoms with Gasteiger partial charge in [0.05, 0.1) is 6.61 Å². The lowest BCUT2D eigenvalue weighted by atomic mass is 9.99. The molecule has 1 aliphatic heterocycles. The highest BCUT2D eigenvalue weighted by Gasteiger charge is 2.25. The maximum atomic E-state index is 13.4. The minimum atomic E-state index is -0.210. The number of hydrogen-bond acceptors (Lipinski definition) is 4. The number of halogens is 1. The first kappa shape index (κ1) is 20.5. The van der Waals surface area contributed by atoms with E-state index >= 15 is 0 Å². The number of benzene rings is 2. The van der Waals surface area contributed by atoms with E-state index in [0.29, 0.717) is 24.8 Å². The molecule has 2 atom stereocenters. The maximum Gasteiger partial charge on any atom is 0.253 e. The number of nitrogens with zero attached hydrogens (tertiary/aromatic N) is 1. The fourth-order valence-corrected chi connectivity index (χ4v) is 3.56. The molecule has 2 N–H and O–H groups in total. The molecular formula is C22H28FN3O2. The Bertz CT molecular complexity index is 782. The average molecular weight is 385 g/mol. The van der Waals surface area contributed by atoms with Crippen LogP contribution in [0.4, 0.5) is 4.39 Å². The second-order valence-corrected chi connectivity index (χ2v) is 7.33. The molecule has 1 fully saturated rings.